The molecular weight excluding hydrogens is 362 g/mol. The van der Waals surface area contributed by atoms with E-state index in [9.17, 15) is 9.59 Å². The Hall–Kier alpha value is -2.38. The van der Waals surface area contributed by atoms with Crippen LogP contribution in [0.3, 0.4) is 0 Å². The molecule has 0 radical (unpaired) electrons. The Morgan fingerprint density at radius 1 is 1.21 bits per heavy atom. The maximum Gasteiger partial charge on any atom is 0.251 e. The van der Waals surface area contributed by atoms with E-state index >= 15 is 0 Å². The number of rotatable bonds is 8. The third kappa shape index (κ3) is 4.91. The Bertz CT molecular complexity index is 714. The number of nitrogens with one attached hydrogen (secondary N) is 1. The Labute approximate surface area is 165 Å². The second-order valence-corrected chi connectivity index (χ2v) is 7.03. The molecule has 0 saturated heterocycles. The number of benzene rings is 1. The number of ketones is 1. The number of carbonyl (C=O) groups is 2. The predicted octanol–water partition coefficient (Wildman–Crippen LogP) is 2.46. The number of fused-ring (bicyclic) bond motifs is 1. The molecular formula is C21H27NO6. The molecule has 0 spiro atoms. The van der Waals surface area contributed by atoms with Crippen LogP contribution in [-0.2, 0) is 19.0 Å². The number of Topliss-reactive ketones (excluding diaryl/α,β-unsaturated/α-hetero) is 1. The number of ether oxygens (including phenoxy) is 4. The summed E-state index contributed by atoms with van der Waals surface area (Å²) in [6.45, 7) is 1.16. The summed E-state index contributed by atoms with van der Waals surface area (Å²) >= 11 is 0. The van der Waals surface area contributed by atoms with Gasteiger partial charge >= 0.3 is 0 Å². The lowest BCUT2D eigenvalue weighted by atomic mass is 9.80. The zero-order chi connectivity index (χ0) is 19.9. The Morgan fingerprint density at radius 2 is 2.00 bits per heavy atom. The fourth-order valence-electron chi connectivity index (χ4n) is 3.54. The van der Waals surface area contributed by atoms with Gasteiger partial charge in [0.2, 0.25) is 11.5 Å². The summed E-state index contributed by atoms with van der Waals surface area (Å²) in [6, 6.07) is 6.68. The van der Waals surface area contributed by atoms with Gasteiger partial charge < -0.3 is 24.3 Å². The molecule has 3 rings (SSSR count). The molecule has 1 aliphatic heterocycles. The highest BCUT2D eigenvalue weighted by Gasteiger charge is 2.41. The fraction of sp³-hybridized carbons (Fsp3) is 0.524. The van der Waals surface area contributed by atoms with Gasteiger partial charge in [-0.15, -0.1) is 0 Å². The van der Waals surface area contributed by atoms with Gasteiger partial charge in [0.05, 0.1) is 12.0 Å². The fourth-order valence-corrected chi connectivity index (χ4v) is 3.54. The summed E-state index contributed by atoms with van der Waals surface area (Å²) in [4.78, 5) is 24.8. The molecule has 0 bridgehead atoms. The zero-order valence-corrected chi connectivity index (χ0v) is 16.3. The Balaban J connectivity index is 1.56. The number of carbonyl (C=O) groups excluding carboxylic acids is 2. The van der Waals surface area contributed by atoms with Crippen molar-refractivity contribution < 1.29 is 28.5 Å². The molecule has 1 fully saturated rings. The van der Waals surface area contributed by atoms with Crippen LogP contribution in [0.1, 0.15) is 36.0 Å². The second-order valence-electron chi connectivity index (χ2n) is 7.03. The van der Waals surface area contributed by atoms with E-state index in [1.807, 2.05) is 0 Å². The highest BCUT2D eigenvalue weighted by atomic mass is 16.5. The SMILES string of the molecule is COCCCNC(=O)c1ccc(OC2=COC3CC(OC)CCC3C2=O)cc1. The van der Waals surface area contributed by atoms with Crippen molar-refractivity contribution >= 4 is 11.7 Å². The molecule has 3 atom stereocenters. The first-order chi connectivity index (χ1) is 13.6. The van der Waals surface area contributed by atoms with Gasteiger partial charge in [0.15, 0.2) is 0 Å². The lowest BCUT2D eigenvalue weighted by Gasteiger charge is -2.36. The van der Waals surface area contributed by atoms with Gasteiger partial charge in [-0.1, -0.05) is 0 Å². The highest BCUT2D eigenvalue weighted by molar-refractivity contribution is 5.97. The summed E-state index contributed by atoms with van der Waals surface area (Å²) in [5.74, 6) is 0.308. The first-order valence-electron chi connectivity index (χ1n) is 9.60. The molecule has 1 amide bonds. The summed E-state index contributed by atoms with van der Waals surface area (Å²) < 4.78 is 21.8. The molecule has 2 aliphatic rings. The highest BCUT2D eigenvalue weighted by Crippen LogP contribution is 2.34. The number of amides is 1. The van der Waals surface area contributed by atoms with Crippen LogP contribution in [0.4, 0.5) is 0 Å². The van der Waals surface area contributed by atoms with Crippen LogP contribution in [0.2, 0.25) is 0 Å². The van der Waals surface area contributed by atoms with Crippen LogP contribution < -0.4 is 10.1 Å². The van der Waals surface area contributed by atoms with Gasteiger partial charge in [0.1, 0.15) is 18.1 Å². The number of methoxy groups -OCH3 is 2. The molecule has 1 heterocycles. The van der Waals surface area contributed by atoms with Crippen LogP contribution in [0.25, 0.3) is 0 Å². The van der Waals surface area contributed by atoms with Crippen molar-refractivity contribution in [3.05, 3.63) is 41.9 Å². The van der Waals surface area contributed by atoms with E-state index in [4.69, 9.17) is 18.9 Å². The van der Waals surface area contributed by atoms with E-state index in [1.54, 1.807) is 38.5 Å². The van der Waals surface area contributed by atoms with E-state index in [0.717, 1.165) is 19.3 Å². The largest absolute Gasteiger partial charge is 0.493 e. The second kappa shape index (κ2) is 9.71. The van der Waals surface area contributed by atoms with Crippen LogP contribution in [0.5, 0.6) is 5.75 Å². The van der Waals surface area contributed by atoms with Gasteiger partial charge in [-0.2, -0.15) is 0 Å². The Kier molecular flexibility index (Phi) is 7.06. The molecule has 1 aliphatic carbocycles. The van der Waals surface area contributed by atoms with Crippen LogP contribution in [-0.4, -0.2) is 51.3 Å². The number of allylic oxidation sites excluding steroid dienone is 1. The quantitative estimate of drug-likeness (QED) is 0.688. The van der Waals surface area contributed by atoms with Gasteiger partial charge in [-0.3, -0.25) is 9.59 Å². The molecule has 3 unspecified atom stereocenters. The van der Waals surface area contributed by atoms with Gasteiger partial charge in [-0.05, 0) is 43.5 Å². The van der Waals surface area contributed by atoms with Crippen molar-refractivity contribution in [2.75, 3.05) is 27.4 Å². The lowest BCUT2D eigenvalue weighted by molar-refractivity contribution is -0.133. The monoisotopic (exact) mass is 389 g/mol. The van der Waals surface area contributed by atoms with Crippen LogP contribution >= 0.6 is 0 Å². The van der Waals surface area contributed by atoms with E-state index in [0.29, 0.717) is 30.9 Å². The molecule has 1 saturated carbocycles. The molecule has 1 aromatic rings. The predicted molar refractivity (Wildman–Crippen MR) is 102 cm³/mol. The summed E-state index contributed by atoms with van der Waals surface area (Å²) in [5.41, 5.74) is 0.530. The van der Waals surface area contributed by atoms with E-state index in [2.05, 4.69) is 5.32 Å². The van der Waals surface area contributed by atoms with E-state index < -0.39 is 0 Å². The standard InChI is InChI=1S/C21H27NO6/c1-25-11-3-10-22-21(24)14-4-6-15(7-5-14)28-19-13-27-18-12-16(26-2)8-9-17(18)20(19)23/h4-7,13,16-18H,3,8-12H2,1-2H3,(H,22,24). The Morgan fingerprint density at radius 3 is 2.71 bits per heavy atom. The molecule has 152 valence electrons. The van der Waals surface area contributed by atoms with Crippen molar-refractivity contribution in [3.63, 3.8) is 0 Å². The molecule has 7 nitrogen and oxygen atoms in total. The van der Waals surface area contributed by atoms with Crippen molar-refractivity contribution in [2.24, 2.45) is 5.92 Å². The third-order valence-electron chi connectivity index (χ3n) is 5.16. The minimum absolute atomic E-state index is 0.0363. The smallest absolute Gasteiger partial charge is 0.251 e. The minimum atomic E-state index is -0.191. The first-order valence-corrected chi connectivity index (χ1v) is 9.60. The average Bonchev–Trinajstić information content (AvgIpc) is 2.73. The van der Waals surface area contributed by atoms with Crippen LogP contribution in [0.15, 0.2) is 36.3 Å². The third-order valence-corrected chi connectivity index (χ3v) is 5.16. The number of hydrogen-bond acceptors (Lipinski definition) is 6. The van der Waals surface area contributed by atoms with Crippen molar-refractivity contribution in [1.29, 1.82) is 0 Å². The van der Waals surface area contributed by atoms with E-state index in [-0.39, 0.29) is 35.6 Å². The van der Waals surface area contributed by atoms with Crippen LogP contribution in [0, 0.1) is 5.92 Å². The minimum Gasteiger partial charge on any atom is -0.493 e. The van der Waals surface area contributed by atoms with Gasteiger partial charge in [0.25, 0.3) is 5.91 Å². The summed E-state index contributed by atoms with van der Waals surface area (Å²) in [7, 11) is 3.31. The van der Waals surface area contributed by atoms with Crippen molar-refractivity contribution in [2.45, 2.75) is 37.9 Å². The molecule has 0 aromatic heterocycles. The topological polar surface area (TPSA) is 83.1 Å². The normalized spacial score (nSPS) is 24.0. The molecule has 7 heteroatoms. The number of hydrogen-bond donors (Lipinski definition) is 1. The zero-order valence-electron chi connectivity index (χ0n) is 16.3. The van der Waals surface area contributed by atoms with Gasteiger partial charge in [-0.25, -0.2) is 0 Å². The molecule has 28 heavy (non-hydrogen) atoms. The van der Waals surface area contributed by atoms with E-state index in [1.165, 1.54) is 6.26 Å². The first kappa shape index (κ1) is 20.4. The average molecular weight is 389 g/mol. The summed E-state index contributed by atoms with van der Waals surface area (Å²) in [6.07, 6.45) is 4.43. The summed E-state index contributed by atoms with van der Waals surface area (Å²) in [5, 5.41) is 2.83. The maximum absolute atomic E-state index is 12.7. The van der Waals surface area contributed by atoms with Gasteiger partial charge in [0, 0.05) is 39.4 Å². The molecule has 1 N–H and O–H groups in total. The van der Waals surface area contributed by atoms with Crippen molar-refractivity contribution in [1.82, 2.24) is 5.32 Å². The molecule has 1 aromatic carbocycles. The van der Waals surface area contributed by atoms with Crippen molar-refractivity contribution in [3.8, 4) is 5.75 Å². The maximum atomic E-state index is 12.7. The lowest BCUT2D eigenvalue weighted by Crippen LogP contribution is -2.42.